The van der Waals surface area contributed by atoms with E-state index in [-0.39, 0.29) is 12.6 Å². The molecule has 2 N–H and O–H groups in total. The van der Waals surface area contributed by atoms with Crippen LogP contribution in [0.15, 0.2) is 59.8 Å². The number of carbonyl (C=O) groups is 2. The molecule has 0 radical (unpaired) electrons. The third-order valence-electron chi connectivity index (χ3n) is 6.55. The summed E-state index contributed by atoms with van der Waals surface area (Å²) in [6.45, 7) is 7.82. The summed E-state index contributed by atoms with van der Waals surface area (Å²) < 4.78 is 10.9. The van der Waals surface area contributed by atoms with Gasteiger partial charge < -0.3 is 25.0 Å². The largest absolute Gasteiger partial charge is 0.495 e. The minimum absolute atomic E-state index is 0.267. The number of hydrogen-bond donors (Lipinski definition) is 2. The van der Waals surface area contributed by atoms with Gasteiger partial charge in [0.1, 0.15) is 5.75 Å². The number of piperazine rings is 1. The van der Waals surface area contributed by atoms with Crippen molar-refractivity contribution in [2.24, 2.45) is 0 Å². The summed E-state index contributed by atoms with van der Waals surface area (Å²) in [5, 5.41) is 5.81. The zero-order valence-corrected chi connectivity index (χ0v) is 20.7. The fourth-order valence-electron chi connectivity index (χ4n) is 4.65. The van der Waals surface area contributed by atoms with E-state index >= 15 is 0 Å². The molecule has 2 heterocycles. The van der Waals surface area contributed by atoms with Crippen molar-refractivity contribution in [3.8, 4) is 5.75 Å². The Bertz CT molecular complexity index is 1070. The van der Waals surface area contributed by atoms with E-state index in [2.05, 4.69) is 33.4 Å². The molecule has 2 amide bonds. The zero-order chi connectivity index (χ0) is 24.8. The molecule has 0 bridgehead atoms. The first-order valence-corrected chi connectivity index (χ1v) is 12.2. The third kappa shape index (κ3) is 5.59. The Hall–Kier alpha value is -3.52. The fourth-order valence-corrected chi connectivity index (χ4v) is 4.65. The van der Waals surface area contributed by atoms with Gasteiger partial charge in [0.25, 0.3) is 0 Å². The minimum Gasteiger partial charge on any atom is -0.495 e. The Morgan fingerprint density at radius 3 is 2.40 bits per heavy atom. The lowest BCUT2D eigenvalue weighted by atomic mass is 9.94. The molecule has 0 aromatic heterocycles. The Balaban J connectivity index is 1.55. The summed E-state index contributed by atoms with van der Waals surface area (Å²) in [5.74, 6) is 0.447. The van der Waals surface area contributed by atoms with Crippen LogP contribution in [0, 0.1) is 0 Å². The van der Waals surface area contributed by atoms with Crippen LogP contribution in [-0.4, -0.2) is 63.3 Å². The van der Waals surface area contributed by atoms with Gasteiger partial charge in [0.15, 0.2) is 0 Å². The molecular formula is C27H34N4O4. The van der Waals surface area contributed by atoms with Crippen molar-refractivity contribution >= 4 is 17.7 Å². The number of ether oxygens (including phenoxy) is 2. The maximum atomic E-state index is 13.1. The van der Waals surface area contributed by atoms with E-state index in [0.717, 1.165) is 49.6 Å². The number of methoxy groups -OCH3 is 1. The van der Waals surface area contributed by atoms with E-state index in [1.807, 2.05) is 42.5 Å². The van der Waals surface area contributed by atoms with Gasteiger partial charge >= 0.3 is 12.0 Å². The smallest absolute Gasteiger partial charge is 0.338 e. The predicted molar refractivity (Wildman–Crippen MR) is 136 cm³/mol. The lowest BCUT2D eigenvalue weighted by Crippen LogP contribution is -2.51. The van der Waals surface area contributed by atoms with Crippen molar-refractivity contribution in [1.29, 1.82) is 0 Å². The number of para-hydroxylation sites is 2. The molecule has 2 aliphatic heterocycles. The molecule has 2 aromatic carbocycles. The van der Waals surface area contributed by atoms with Crippen LogP contribution in [0.3, 0.4) is 0 Å². The maximum absolute atomic E-state index is 13.1. The molecule has 4 rings (SSSR count). The van der Waals surface area contributed by atoms with E-state index in [1.54, 1.807) is 14.0 Å². The normalized spacial score (nSPS) is 18.7. The monoisotopic (exact) mass is 478 g/mol. The van der Waals surface area contributed by atoms with Gasteiger partial charge in [-0.3, -0.25) is 4.90 Å². The highest BCUT2D eigenvalue weighted by Crippen LogP contribution is 2.30. The molecule has 186 valence electrons. The second kappa shape index (κ2) is 11.3. The summed E-state index contributed by atoms with van der Waals surface area (Å²) >= 11 is 0. The summed E-state index contributed by atoms with van der Waals surface area (Å²) in [6, 6.07) is 15.1. The summed E-state index contributed by atoms with van der Waals surface area (Å²) in [6.07, 6.45) is 0.922. The lowest BCUT2D eigenvalue weighted by Gasteiger charge is -2.38. The van der Waals surface area contributed by atoms with E-state index in [4.69, 9.17) is 9.47 Å². The van der Waals surface area contributed by atoms with Crippen LogP contribution in [-0.2, 0) is 16.0 Å². The molecule has 35 heavy (non-hydrogen) atoms. The van der Waals surface area contributed by atoms with Gasteiger partial charge in [0.05, 0.1) is 31.0 Å². The SMILES string of the molecule is CCOC(=O)C1=C(CN2CCN(c3ccccc3OC)CC2)NC(=O)NC1c1ccc(CC)cc1. The van der Waals surface area contributed by atoms with Crippen LogP contribution in [0.1, 0.15) is 31.0 Å². The van der Waals surface area contributed by atoms with Gasteiger partial charge in [-0.05, 0) is 36.6 Å². The van der Waals surface area contributed by atoms with Crippen molar-refractivity contribution in [2.45, 2.75) is 26.3 Å². The molecule has 0 spiro atoms. The quantitative estimate of drug-likeness (QED) is 0.567. The molecule has 0 saturated carbocycles. The number of benzene rings is 2. The average molecular weight is 479 g/mol. The van der Waals surface area contributed by atoms with E-state index in [9.17, 15) is 9.59 Å². The molecule has 1 unspecified atom stereocenters. The average Bonchev–Trinajstić information content (AvgIpc) is 2.89. The van der Waals surface area contributed by atoms with Crippen molar-refractivity contribution in [2.75, 3.05) is 51.3 Å². The van der Waals surface area contributed by atoms with Gasteiger partial charge in [0, 0.05) is 38.4 Å². The van der Waals surface area contributed by atoms with Crippen molar-refractivity contribution < 1.29 is 19.1 Å². The summed E-state index contributed by atoms with van der Waals surface area (Å²) in [5.41, 5.74) is 4.19. The van der Waals surface area contributed by atoms with Crippen LogP contribution >= 0.6 is 0 Å². The second-order valence-electron chi connectivity index (χ2n) is 8.67. The Morgan fingerprint density at radius 1 is 1.03 bits per heavy atom. The Labute approximate surface area is 206 Å². The number of nitrogens with zero attached hydrogens (tertiary/aromatic N) is 2. The predicted octanol–water partition coefficient (Wildman–Crippen LogP) is 3.25. The highest BCUT2D eigenvalue weighted by atomic mass is 16.5. The van der Waals surface area contributed by atoms with Gasteiger partial charge in [-0.15, -0.1) is 0 Å². The second-order valence-corrected chi connectivity index (χ2v) is 8.67. The van der Waals surface area contributed by atoms with Crippen LogP contribution in [0.5, 0.6) is 5.75 Å². The first-order chi connectivity index (χ1) is 17.0. The van der Waals surface area contributed by atoms with E-state index in [1.165, 1.54) is 5.56 Å². The number of rotatable bonds is 8. The highest BCUT2D eigenvalue weighted by molar-refractivity contribution is 5.95. The minimum atomic E-state index is -0.557. The zero-order valence-electron chi connectivity index (χ0n) is 20.7. The first-order valence-electron chi connectivity index (χ1n) is 12.2. The molecular weight excluding hydrogens is 444 g/mol. The van der Waals surface area contributed by atoms with Gasteiger partial charge in [-0.2, -0.15) is 0 Å². The van der Waals surface area contributed by atoms with Crippen LogP contribution < -0.4 is 20.3 Å². The number of urea groups is 1. The van der Waals surface area contributed by atoms with Crippen molar-refractivity contribution in [3.63, 3.8) is 0 Å². The molecule has 2 aromatic rings. The first kappa shape index (κ1) is 24.6. The maximum Gasteiger partial charge on any atom is 0.338 e. The molecule has 0 aliphatic carbocycles. The number of nitrogens with one attached hydrogen (secondary N) is 2. The fraction of sp³-hybridized carbons (Fsp3) is 0.407. The number of aryl methyl sites for hydroxylation is 1. The van der Waals surface area contributed by atoms with E-state index < -0.39 is 12.0 Å². The molecule has 1 atom stereocenters. The van der Waals surface area contributed by atoms with Gasteiger partial charge in [-0.1, -0.05) is 43.3 Å². The van der Waals surface area contributed by atoms with Crippen molar-refractivity contribution in [1.82, 2.24) is 15.5 Å². The number of hydrogen-bond acceptors (Lipinski definition) is 6. The molecule has 1 fully saturated rings. The standard InChI is InChI=1S/C27H34N4O4/c1-4-19-10-12-20(13-11-19)25-24(26(32)35-5-2)21(28-27(33)29-25)18-30-14-16-31(17-15-30)22-8-6-7-9-23(22)34-3/h6-13,25H,4-5,14-18H2,1-3H3,(H2,28,29,33). The molecule has 1 saturated heterocycles. The third-order valence-corrected chi connectivity index (χ3v) is 6.55. The van der Waals surface area contributed by atoms with Gasteiger partial charge in [0.2, 0.25) is 0 Å². The van der Waals surface area contributed by atoms with Crippen LogP contribution in [0.25, 0.3) is 0 Å². The van der Waals surface area contributed by atoms with Crippen LogP contribution in [0.4, 0.5) is 10.5 Å². The lowest BCUT2D eigenvalue weighted by molar-refractivity contribution is -0.139. The molecule has 8 heteroatoms. The summed E-state index contributed by atoms with van der Waals surface area (Å²) in [7, 11) is 1.68. The van der Waals surface area contributed by atoms with Crippen molar-refractivity contribution in [3.05, 3.63) is 70.9 Å². The molecule has 2 aliphatic rings. The summed E-state index contributed by atoms with van der Waals surface area (Å²) in [4.78, 5) is 30.2. The number of esters is 1. The Kier molecular flexibility index (Phi) is 7.92. The topological polar surface area (TPSA) is 83.1 Å². The number of anilines is 1. The number of amides is 2. The number of carbonyl (C=O) groups excluding carboxylic acids is 2. The highest BCUT2D eigenvalue weighted by Gasteiger charge is 2.34. The van der Waals surface area contributed by atoms with Gasteiger partial charge in [-0.25, -0.2) is 9.59 Å². The molecule has 8 nitrogen and oxygen atoms in total. The van der Waals surface area contributed by atoms with E-state index in [0.29, 0.717) is 17.8 Å². The Morgan fingerprint density at radius 2 is 1.74 bits per heavy atom. The van der Waals surface area contributed by atoms with Crippen LogP contribution in [0.2, 0.25) is 0 Å².